The van der Waals surface area contributed by atoms with Crippen LogP contribution in [-0.4, -0.2) is 4.98 Å². The van der Waals surface area contributed by atoms with Crippen molar-refractivity contribution in [3.05, 3.63) is 63.9 Å². The van der Waals surface area contributed by atoms with Crippen molar-refractivity contribution in [3.63, 3.8) is 0 Å². The molecule has 0 radical (unpaired) electrons. The topological polar surface area (TPSA) is 24.9 Å². The van der Waals surface area contributed by atoms with Crippen LogP contribution >= 0.6 is 15.9 Å². The standard InChI is InChI=1S/C15H17BrN2/c1-11-6-7-17-9-14(11)10-18-12(2)13-4-3-5-15(16)8-13/h3-9,12,18H,10H2,1-2H3. The summed E-state index contributed by atoms with van der Waals surface area (Å²) in [7, 11) is 0. The third-order valence-corrected chi connectivity index (χ3v) is 3.59. The molecule has 1 N–H and O–H groups in total. The first-order valence-corrected chi connectivity index (χ1v) is 6.84. The van der Waals surface area contributed by atoms with Crippen LogP contribution in [0.4, 0.5) is 0 Å². The number of nitrogens with zero attached hydrogens (tertiary/aromatic N) is 1. The van der Waals surface area contributed by atoms with Crippen LogP contribution in [0, 0.1) is 6.92 Å². The molecule has 0 fully saturated rings. The number of aromatic nitrogens is 1. The third kappa shape index (κ3) is 3.40. The molecule has 3 heteroatoms. The molecule has 0 aliphatic heterocycles. The van der Waals surface area contributed by atoms with Crippen molar-refractivity contribution >= 4 is 15.9 Å². The zero-order valence-corrected chi connectivity index (χ0v) is 12.2. The van der Waals surface area contributed by atoms with E-state index in [0.29, 0.717) is 6.04 Å². The van der Waals surface area contributed by atoms with Crippen LogP contribution in [0.3, 0.4) is 0 Å². The van der Waals surface area contributed by atoms with E-state index in [2.05, 4.69) is 58.3 Å². The van der Waals surface area contributed by atoms with E-state index < -0.39 is 0 Å². The summed E-state index contributed by atoms with van der Waals surface area (Å²) in [5, 5.41) is 3.52. The Balaban J connectivity index is 2.00. The fourth-order valence-electron chi connectivity index (χ4n) is 1.84. The Morgan fingerprint density at radius 3 is 2.89 bits per heavy atom. The lowest BCUT2D eigenvalue weighted by atomic mass is 10.1. The van der Waals surface area contributed by atoms with Gasteiger partial charge in [0.2, 0.25) is 0 Å². The second-order valence-electron chi connectivity index (χ2n) is 4.46. The Bertz CT molecular complexity index is 525. The Morgan fingerprint density at radius 1 is 1.33 bits per heavy atom. The zero-order chi connectivity index (χ0) is 13.0. The van der Waals surface area contributed by atoms with Gasteiger partial charge in [0.1, 0.15) is 0 Å². The number of nitrogens with one attached hydrogen (secondary N) is 1. The van der Waals surface area contributed by atoms with E-state index in [4.69, 9.17) is 0 Å². The molecule has 2 nitrogen and oxygen atoms in total. The van der Waals surface area contributed by atoms with Crippen molar-refractivity contribution in [1.82, 2.24) is 10.3 Å². The first kappa shape index (κ1) is 13.2. The average molecular weight is 305 g/mol. The van der Waals surface area contributed by atoms with E-state index in [1.165, 1.54) is 16.7 Å². The molecule has 2 rings (SSSR count). The summed E-state index contributed by atoms with van der Waals surface area (Å²) in [5.41, 5.74) is 3.81. The van der Waals surface area contributed by atoms with Crippen LogP contribution in [0.2, 0.25) is 0 Å². The lowest BCUT2D eigenvalue weighted by molar-refractivity contribution is 0.572. The van der Waals surface area contributed by atoms with Crippen molar-refractivity contribution in [1.29, 1.82) is 0 Å². The Hall–Kier alpha value is -1.19. The van der Waals surface area contributed by atoms with E-state index in [0.717, 1.165) is 11.0 Å². The minimum absolute atomic E-state index is 0.321. The summed E-state index contributed by atoms with van der Waals surface area (Å²) in [6.45, 7) is 5.13. The Morgan fingerprint density at radius 2 is 2.17 bits per heavy atom. The highest BCUT2D eigenvalue weighted by atomic mass is 79.9. The second-order valence-corrected chi connectivity index (χ2v) is 5.38. The van der Waals surface area contributed by atoms with Gasteiger partial charge in [-0.15, -0.1) is 0 Å². The molecular formula is C15H17BrN2. The zero-order valence-electron chi connectivity index (χ0n) is 10.7. The fourth-order valence-corrected chi connectivity index (χ4v) is 2.26. The van der Waals surface area contributed by atoms with Gasteiger partial charge in [-0.25, -0.2) is 0 Å². The lowest BCUT2D eigenvalue weighted by Gasteiger charge is -2.15. The molecule has 1 aromatic heterocycles. The van der Waals surface area contributed by atoms with E-state index in [1.807, 2.05) is 24.5 Å². The van der Waals surface area contributed by atoms with Gasteiger partial charge in [-0.05, 0) is 48.7 Å². The minimum atomic E-state index is 0.321. The SMILES string of the molecule is Cc1ccncc1CNC(C)c1cccc(Br)c1. The smallest absolute Gasteiger partial charge is 0.0315 e. The molecular weight excluding hydrogens is 288 g/mol. The molecule has 0 aliphatic carbocycles. The van der Waals surface area contributed by atoms with E-state index in [1.54, 1.807) is 0 Å². The van der Waals surface area contributed by atoms with E-state index in [-0.39, 0.29) is 0 Å². The molecule has 18 heavy (non-hydrogen) atoms. The van der Waals surface area contributed by atoms with Crippen LogP contribution in [0.15, 0.2) is 47.2 Å². The van der Waals surface area contributed by atoms with Crippen LogP contribution in [-0.2, 0) is 6.54 Å². The monoisotopic (exact) mass is 304 g/mol. The molecule has 0 aliphatic rings. The molecule has 1 heterocycles. The fraction of sp³-hybridized carbons (Fsp3) is 0.267. The van der Waals surface area contributed by atoms with Gasteiger partial charge < -0.3 is 5.32 Å². The highest BCUT2D eigenvalue weighted by Gasteiger charge is 2.06. The van der Waals surface area contributed by atoms with Gasteiger partial charge in [-0.2, -0.15) is 0 Å². The minimum Gasteiger partial charge on any atom is -0.306 e. The number of halogens is 1. The Labute approximate surface area is 117 Å². The van der Waals surface area contributed by atoms with Crippen molar-refractivity contribution in [2.45, 2.75) is 26.4 Å². The van der Waals surface area contributed by atoms with Crippen LogP contribution < -0.4 is 5.32 Å². The predicted octanol–water partition coefficient (Wildman–Crippen LogP) is 4.00. The van der Waals surface area contributed by atoms with E-state index >= 15 is 0 Å². The van der Waals surface area contributed by atoms with Crippen molar-refractivity contribution in [2.75, 3.05) is 0 Å². The Kier molecular flexibility index (Phi) is 4.50. The first-order valence-electron chi connectivity index (χ1n) is 6.05. The maximum atomic E-state index is 4.16. The van der Waals surface area contributed by atoms with Gasteiger partial charge in [0.05, 0.1) is 0 Å². The molecule has 0 bridgehead atoms. The largest absolute Gasteiger partial charge is 0.306 e. The molecule has 0 saturated heterocycles. The molecule has 2 aromatic rings. The van der Waals surface area contributed by atoms with Crippen LogP contribution in [0.25, 0.3) is 0 Å². The van der Waals surface area contributed by atoms with E-state index in [9.17, 15) is 0 Å². The summed E-state index contributed by atoms with van der Waals surface area (Å²) in [6, 6.07) is 10.8. The summed E-state index contributed by atoms with van der Waals surface area (Å²) in [4.78, 5) is 4.16. The third-order valence-electron chi connectivity index (χ3n) is 3.09. The number of hydrogen-bond acceptors (Lipinski definition) is 2. The second kappa shape index (κ2) is 6.12. The summed E-state index contributed by atoms with van der Waals surface area (Å²) < 4.78 is 1.12. The quantitative estimate of drug-likeness (QED) is 0.923. The van der Waals surface area contributed by atoms with Crippen LogP contribution in [0.1, 0.15) is 29.7 Å². The van der Waals surface area contributed by atoms with Crippen molar-refractivity contribution in [3.8, 4) is 0 Å². The molecule has 94 valence electrons. The first-order chi connectivity index (χ1) is 8.66. The normalized spacial score (nSPS) is 12.4. The predicted molar refractivity (Wildman–Crippen MR) is 78.4 cm³/mol. The van der Waals surface area contributed by atoms with Crippen molar-refractivity contribution < 1.29 is 0 Å². The molecule has 1 atom stereocenters. The van der Waals surface area contributed by atoms with Gasteiger partial charge in [-0.3, -0.25) is 4.98 Å². The number of benzene rings is 1. The summed E-state index contributed by atoms with van der Waals surface area (Å²) in [5.74, 6) is 0. The number of pyridine rings is 1. The van der Waals surface area contributed by atoms with Gasteiger partial charge in [0.15, 0.2) is 0 Å². The maximum absolute atomic E-state index is 4.16. The van der Waals surface area contributed by atoms with Crippen molar-refractivity contribution in [2.24, 2.45) is 0 Å². The number of rotatable bonds is 4. The lowest BCUT2D eigenvalue weighted by Crippen LogP contribution is -2.18. The molecule has 0 amide bonds. The van der Waals surface area contributed by atoms with Gasteiger partial charge in [-0.1, -0.05) is 28.1 Å². The number of aryl methyl sites for hydroxylation is 1. The van der Waals surface area contributed by atoms with Gasteiger partial charge >= 0.3 is 0 Å². The number of hydrogen-bond donors (Lipinski definition) is 1. The average Bonchev–Trinajstić information content (AvgIpc) is 2.37. The molecule has 0 saturated carbocycles. The highest BCUT2D eigenvalue weighted by molar-refractivity contribution is 9.10. The maximum Gasteiger partial charge on any atom is 0.0315 e. The molecule has 1 unspecified atom stereocenters. The molecule has 0 spiro atoms. The highest BCUT2D eigenvalue weighted by Crippen LogP contribution is 2.18. The van der Waals surface area contributed by atoms with Gasteiger partial charge in [0, 0.05) is 29.5 Å². The summed E-state index contributed by atoms with van der Waals surface area (Å²) in [6.07, 6.45) is 3.76. The molecule has 1 aromatic carbocycles. The summed E-state index contributed by atoms with van der Waals surface area (Å²) >= 11 is 3.50. The van der Waals surface area contributed by atoms with Crippen LogP contribution in [0.5, 0.6) is 0 Å². The van der Waals surface area contributed by atoms with Gasteiger partial charge in [0.25, 0.3) is 0 Å².